The Kier molecular flexibility index (Phi) is 5.38. The minimum Gasteiger partial charge on any atom is -0.504 e. The van der Waals surface area contributed by atoms with Gasteiger partial charge in [0.05, 0.1) is 11.5 Å². The average molecular weight is 368 g/mol. The smallest absolute Gasteiger partial charge is 0.279 e. The summed E-state index contributed by atoms with van der Waals surface area (Å²) in [4.78, 5) is 28.6. The Hall–Kier alpha value is -3.06. The predicted octanol–water partition coefficient (Wildman–Crippen LogP) is 3.19. The number of aromatic hydroxyl groups is 1. The Morgan fingerprint density at radius 2 is 2.04 bits per heavy atom. The number of benzene rings is 2. The highest BCUT2D eigenvalue weighted by Gasteiger charge is 2.25. The molecule has 1 heterocycles. The normalized spacial score (nSPS) is 16.7. The molecule has 26 heavy (non-hydrogen) atoms. The van der Waals surface area contributed by atoms with Crippen molar-refractivity contribution >= 4 is 34.8 Å². The number of thioether (sulfide) groups is 1. The fourth-order valence-electron chi connectivity index (χ4n) is 2.26. The van der Waals surface area contributed by atoms with Gasteiger partial charge < -0.3 is 15.2 Å². The Bertz CT molecular complexity index is 907. The quantitative estimate of drug-likeness (QED) is 0.809. The van der Waals surface area contributed by atoms with Crippen molar-refractivity contribution in [3.05, 3.63) is 64.6 Å². The first kappa shape index (κ1) is 17.8. The molecule has 1 saturated heterocycles. The molecule has 0 saturated carbocycles. The van der Waals surface area contributed by atoms with E-state index in [1.165, 1.54) is 6.07 Å². The first-order valence-corrected chi connectivity index (χ1v) is 8.73. The number of carbonyl (C=O) groups is 2. The van der Waals surface area contributed by atoms with Crippen LogP contribution in [-0.4, -0.2) is 28.7 Å². The molecule has 7 heteroatoms. The molecule has 0 aliphatic carbocycles. The SMILES string of the molecule is CCOc1cc(/C=C2\SC(=NC(=O)c3ccccc3)NC2=O)ccc1O. The molecule has 3 rings (SSSR count). The van der Waals surface area contributed by atoms with Crippen LogP contribution in [0.2, 0.25) is 0 Å². The average Bonchev–Trinajstić information content (AvgIpc) is 2.98. The second-order valence-corrected chi connectivity index (χ2v) is 6.34. The van der Waals surface area contributed by atoms with Gasteiger partial charge in [-0.25, -0.2) is 0 Å². The lowest BCUT2D eigenvalue weighted by atomic mass is 10.2. The summed E-state index contributed by atoms with van der Waals surface area (Å²) in [5.41, 5.74) is 1.15. The molecule has 0 bridgehead atoms. The highest BCUT2D eigenvalue weighted by atomic mass is 32.2. The summed E-state index contributed by atoms with van der Waals surface area (Å²) in [6.45, 7) is 2.23. The summed E-state index contributed by atoms with van der Waals surface area (Å²) < 4.78 is 5.34. The minimum atomic E-state index is -0.419. The zero-order valence-electron chi connectivity index (χ0n) is 13.9. The van der Waals surface area contributed by atoms with E-state index in [-0.39, 0.29) is 16.8 Å². The fraction of sp³-hybridized carbons (Fsp3) is 0.105. The molecule has 6 nitrogen and oxygen atoms in total. The van der Waals surface area contributed by atoms with Crippen LogP contribution in [0.4, 0.5) is 0 Å². The van der Waals surface area contributed by atoms with Crippen molar-refractivity contribution in [3.63, 3.8) is 0 Å². The van der Waals surface area contributed by atoms with Crippen LogP contribution in [0.1, 0.15) is 22.8 Å². The van der Waals surface area contributed by atoms with E-state index in [9.17, 15) is 14.7 Å². The van der Waals surface area contributed by atoms with Crippen molar-refractivity contribution in [2.45, 2.75) is 6.92 Å². The number of phenols is 1. The summed E-state index contributed by atoms with van der Waals surface area (Å²) >= 11 is 1.09. The summed E-state index contributed by atoms with van der Waals surface area (Å²) in [6, 6.07) is 13.5. The monoisotopic (exact) mass is 368 g/mol. The van der Waals surface area contributed by atoms with Crippen molar-refractivity contribution < 1.29 is 19.4 Å². The molecule has 1 aliphatic heterocycles. The number of ether oxygens (including phenoxy) is 1. The highest BCUT2D eigenvalue weighted by molar-refractivity contribution is 8.18. The summed E-state index contributed by atoms with van der Waals surface area (Å²) in [6.07, 6.45) is 1.65. The summed E-state index contributed by atoms with van der Waals surface area (Å²) in [5, 5.41) is 12.6. The maximum atomic E-state index is 12.1. The van der Waals surface area contributed by atoms with Crippen molar-refractivity contribution in [1.29, 1.82) is 0 Å². The maximum absolute atomic E-state index is 12.1. The van der Waals surface area contributed by atoms with E-state index in [1.807, 2.05) is 13.0 Å². The first-order valence-electron chi connectivity index (χ1n) is 7.91. The van der Waals surface area contributed by atoms with Crippen LogP contribution in [0.5, 0.6) is 11.5 Å². The van der Waals surface area contributed by atoms with Gasteiger partial charge in [-0.2, -0.15) is 4.99 Å². The summed E-state index contributed by atoms with van der Waals surface area (Å²) in [5.74, 6) is -0.370. The molecule has 0 atom stereocenters. The molecule has 132 valence electrons. The third-order valence-electron chi connectivity index (χ3n) is 3.46. The van der Waals surface area contributed by atoms with Gasteiger partial charge in [-0.3, -0.25) is 9.59 Å². The number of carbonyl (C=O) groups excluding carboxylic acids is 2. The molecule has 2 aromatic rings. The van der Waals surface area contributed by atoms with E-state index >= 15 is 0 Å². The van der Waals surface area contributed by atoms with Crippen LogP contribution >= 0.6 is 11.8 Å². The number of amidine groups is 1. The van der Waals surface area contributed by atoms with Gasteiger partial charge in [0.1, 0.15) is 0 Å². The number of phenolic OH excluding ortho intramolecular Hbond substituents is 1. The van der Waals surface area contributed by atoms with E-state index in [4.69, 9.17) is 4.74 Å². The number of amides is 2. The molecule has 2 amide bonds. The second kappa shape index (κ2) is 7.88. The zero-order chi connectivity index (χ0) is 18.5. The van der Waals surface area contributed by atoms with Gasteiger partial charge >= 0.3 is 0 Å². The Morgan fingerprint density at radius 3 is 2.77 bits per heavy atom. The Balaban J connectivity index is 1.79. The van der Waals surface area contributed by atoms with Crippen molar-refractivity contribution in [1.82, 2.24) is 5.32 Å². The number of nitrogens with one attached hydrogen (secondary N) is 1. The van der Waals surface area contributed by atoms with Gasteiger partial charge in [-0.15, -0.1) is 0 Å². The van der Waals surface area contributed by atoms with Gasteiger partial charge in [0.15, 0.2) is 16.7 Å². The minimum absolute atomic E-state index is 0.0354. The van der Waals surface area contributed by atoms with Gasteiger partial charge in [0.25, 0.3) is 11.8 Å². The molecule has 0 spiro atoms. The third-order valence-corrected chi connectivity index (χ3v) is 4.37. The van der Waals surface area contributed by atoms with Gasteiger partial charge in [0.2, 0.25) is 0 Å². The van der Waals surface area contributed by atoms with Crippen molar-refractivity contribution in [2.75, 3.05) is 6.61 Å². The Morgan fingerprint density at radius 1 is 1.27 bits per heavy atom. The second-order valence-electron chi connectivity index (χ2n) is 5.31. The van der Waals surface area contributed by atoms with Crippen LogP contribution in [0.25, 0.3) is 6.08 Å². The van der Waals surface area contributed by atoms with E-state index in [1.54, 1.807) is 42.5 Å². The molecule has 2 N–H and O–H groups in total. The lowest BCUT2D eigenvalue weighted by Crippen LogP contribution is -2.20. The Labute approximate surface area is 154 Å². The van der Waals surface area contributed by atoms with Gasteiger partial charge in [-0.05, 0) is 54.6 Å². The number of aliphatic imine (C=N–C) groups is 1. The van der Waals surface area contributed by atoms with E-state index in [0.717, 1.165) is 11.8 Å². The zero-order valence-corrected chi connectivity index (χ0v) is 14.7. The summed E-state index contributed by atoms with van der Waals surface area (Å²) in [7, 11) is 0. The maximum Gasteiger partial charge on any atom is 0.279 e. The fourth-order valence-corrected chi connectivity index (χ4v) is 3.08. The van der Waals surface area contributed by atoms with Gasteiger partial charge in [-0.1, -0.05) is 24.3 Å². The van der Waals surface area contributed by atoms with Crippen LogP contribution in [0, 0.1) is 0 Å². The lowest BCUT2D eigenvalue weighted by molar-refractivity contribution is -0.115. The molecule has 1 aliphatic rings. The standard InChI is InChI=1S/C19H16N2O4S/c1-2-25-15-10-12(8-9-14(15)22)11-16-18(24)21-19(26-16)20-17(23)13-6-4-3-5-7-13/h3-11,22H,2H2,1H3,(H,20,21,23,24)/b16-11-. The molecule has 0 unspecified atom stereocenters. The van der Waals surface area contributed by atoms with E-state index in [0.29, 0.717) is 28.4 Å². The topological polar surface area (TPSA) is 88.0 Å². The van der Waals surface area contributed by atoms with Crippen LogP contribution < -0.4 is 10.1 Å². The molecular formula is C19H16N2O4S. The third kappa shape index (κ3) is 4.12. The largest absolute Gasteiger partial charge is 0.504 e. The lowest BCUT2D eigenvalue weighted by Gasteiger charge is -2.06. The molecule has 1 fully saturated rings. The van der Waals surface area contributed by atoms with Crippen LogP contribution in [0.15, 0.2) is 58.4 Å². The molecular weight excluding hydrogens is 352 g/mol. The number of hydrogen-bond acceptors (Lipinski definition) is 5. The molecule has 2 aromatic carbocycles. The van der Waals surface area contributed by atoms with E-state index in [2.05, 4.69) is 10.3 Å². The van der Waals surface area contributed by atoms with Crippen LogP contribution in [0.3, 0.4) is 0 Å². The van der Waals surface area contributed by atoms with Crippen LogP contribution in [-0.2, 0) is 4.79 Å². The van der Waals surface area contributed by atoms with Crippen molar-refractivity contribution in [2.24, 2.45) is 4.99 Å². The molecule has 0 radical (unpaired) electrons. The number of rotatable bonds is 4. The van der Waals surface area contributed by atoms with E-state index < -0.39 is 5.91 Å². The molecule has 0 aromatic heterocycles. The number of hydrogen-bond donors (Lipinski definition) is 2. The van der Waals surface area contributed by atoms with Gasteiger partial charge in [0, 0.05) is 5.56 Å². The predicted molar refractivity (Wildman–Crippen MR) is 101 cm³/mol. The highest BCUT2D eigenvalue weighted by Crippen LogP contribution is 2.31. The van der Waals surface area contributed by atoms with Crippen molar-refractivity contribution in [3.8, 4) is 11.5 Å². The first-order chi connectivity index (χ1) is 12.6. The number of nitrogens with zero attached hydrogens (tertiary/aromatic N) is 1.